The Balaban J connectivity index is 1.40. The maximum Gasteiger partial charge on any atom is 0.251 e. The second-order valence-corrected chi connectivity index (χ2v) is 7.36. The SMILES string of the molecule is CCCc1ccc(C(=O)NCC2CCN(Cc3ccccc3)CC2)cc1. The van der Waals surface area contributed by atoms with Gasteiger partial charge in [-0.2, -0.15) is 0 Å². The van der Waals surface area contributed by atoms with Gasteiger partial charge in [-0.1, -0.05) is 55.8 Å². The van der Waals surface area contributed by atoms with E-state index in [-0.39, 0.29) is 5.91 Å². The van der Waals surface area contributed by atoms with Crippen LogP contribution in [0, 0.1) is 5.92 Å². The van der Waals surface area contributed by atoms with Gasteiger partial charge in [-0.15, -0.1) is 0 Å². The number of benzene rings is 2. The molecule has 0 saturated carbocycles. The van der Waals surface area contributed by atoms with Gasteiger partial charge in [0.25, 0.3) is 5.91 Å². The molecule has 1 amide bonds. The lowest BCUT2D eigenvalue weighted by molar-refractivity contribution is 0.0935. The van der Waals surface area contributed by atoms with Crippen LogP contribution in [-0.2, 0) is 13.0 Å². The van der Waals surface area contributed by atoms with Crippen LogP contribution in [0.1, 0.15) is 47.7 Å². The third kappa shape index (κ3) is 5.43. The summed E-state index contributed by atoms with van der Waals surface area (Å²) in [5.74, 6) is 0.644. The van der Waals surface area contributed by atoms with Crippen molar-refractivity contribution < 1.29 is 4.79 Å². The molecule has 0 atom stereocenters. The van der Waals surface area contributed by atoms with Crippen molar-refractivity contribution in [3.8, 4) is 0 Å². The summed E-state index contributed by atoms with van der Waals surface area (Å²) in [6.45, 7) is 6.22. The van der Waals surface area contributed by atoms with Gasteiger partial charge in [0.1, 0.15) is 0 Å². The van der Waals surface area contributed by atoms with E-state index in [9.17, 15) is 4.79 Å². The Morgan fingerprint density at radius 1 is 1.00 bits per heavy atom. The minimum atomic E-state index is 0.0553. The Bertz CT molecular complexity index is 673. The zero-order valence-corrected chi connectivity index (χ0v) is 15.8. The number of carbonyl (C=O) groups excluding carboxylic acids is 1. The lowest BCUT2D eigenvalue weighted by Gasteiger charge is -2.32. The fourth-order valence-corrected chi connectivity index (χ4v) is 3.64. The van der Waals surface area contributed by atoms with E-state index in [1.807, 2.05) is 12.1 Å². The number of likely N-dealkylation sites (tertiary alicyclic amines) is 1. The molecule has 3 rings (SSSR count). The molecule has 1 heterocycles. The second kappa shape index (κ2) is 9.54. The quantitative estimate of drug-likeness (QED) is 0.808. The highest BCUT2D eigenvalue weighted by Gasteiger charge is 2.20. The Morgan fingerprint density at radius 2 is 1.69 bits per heavy atom. The molecule has 1 aliphatic rings. The minimum Gasteiger partial charge on any atom is -0.352 e. The van der Waals surface area contributed by atoms with E-state index in [1.54, 1.807) is 0 Å². The van der Waals surface area contributed by atoms with Gasteiger partial charge in [0, 0.05) is 18.7 Å². The van der Waals surface area contributed by atoms with Crippen molar-refractivity contribution >= 4 is 5.91 Å². The first-order valence-corrected chi connectivity index (χ1v) is 9.88. The number of hydrogen-bond acceptors (Lipinski definition) is 2. The van der Waals surface area contributed by atoms with Crippen LogP contribution in [0.25, 0.3) is 0 Å². The number of hydrogen-bond donors (Lipinski definition) is 1. The topological polar surface area (TPSA) is 32.3 Å². The smallest absolute Gasteiger partial charge is 0.251 e. The summed E-state index contributed by atoms with van der Waals surface area (Å²) in [5.41, 5.74) is 3.45. The lowest BCUT2D eigenvalue weighted by Crippen LogP contribution is -2.38. The highest BCUT2D eigenvalue weighted by Crippen LogP contribution is 2.18. The second-order valence-electron chi connectivity index (χ2n) is 7.36. The van der Waals surface area contributed by atoms with Gasteiger partial charge in [0.15, 0.2) is 0 Å². The van der Waals surface area contributed by atoms with Gasteiger partial charge in [-0.05, 0) is 61.5 Å². The number of amides is 1. The number of piperidine rings is 1. The molecule has 1 fully saturated rings. The minimum absolute atomic E-state index is 0.0553. The standard InChI is InChI=1S/C23H30N2O/c1-2-6-19-9-11-22(12-10-19)23(26)24-17-20-13-15-25(16-14-20)18-21-7-4-3-5-8-21/h3-5,7-12,20H,2,6,13-18H2,1H3,(H,24,26). The molecular weight excluding hydrogens is 320 g/mol. The molecule has 0 aliphatic carbocycles. The lowest BCUT2D eigenvalue weighted by atomic mass is 9.96. The van der Waals surface area contributed by atoms with Crippen molar-refractivity contribution in [3.63, 3.8) is 0 Å². The van der Waals surface area contributed by atoms with E-state index in [0.29, 0.717) is 5.92 Å². The zero-order valence-electron chi connectivity index (χ0n) is 15.8. The summed E-state index contributed by atoms with van der Waals surface area (Å²) in [7, 11) is 0. The van der Waals surface area contributed by atoms with Crippen molar-refractivity contribution in [2.45, 2.75) is 39.2 Å². The molecule has 1 saturated heterocycles. The first-order valence-electron chi connectivity index (χ1n) is 9.88. The molecule has 0 radical (unpaired) electrons. The summed E-state index contributed by atoms with van der Waals surface area (Å²) >= 11 is 0. The van der Waals surface area contributed by atoms with Crippen LogP contribution in [0.5, 0.6) is 0 Å². The van der Waals surface area contributed by atoms with E-state index >= 15 is 0 Å². The van der Waals surface area contributed by atoms with Gasteiger partial charge >= 0.3 is 0 Å². The third-order valence-corrected chi connectivity index (χ3v) is 5.26. The van der Waals surface area contributed by atoms with E-state index in [2.05, 4.69) is 59.6 Å². The molecule has 3 nitrogen and oxygen atoms in total. The van der Waals surface area contributed by atoms with Crippen molar-refractivity contribution in [1.29, 1.82) is 0 Å². The molecule has 3 heteroatoms. The number of nitrogens with one attached hydrogen (secondary N) is 1. The molecule has 1 aliphatic heterocycles. The Morgan fingerprint density at radius 3 is 2.35 bits per heavy atom. The van der Waals surface area contributed by atoms with Crippen LogP contribution in [0.15, 0.2) is 54.6 Å². The van der Waals surface area contributed by atoms with Crippen molar-refractivity contribution in [2.75, 3.05) is 19.6 Å². The number of carbonyl (C=O) groups is 1. The molecule has 0 spiro atoms. The average molecular weight is 351 g/mol. The maximum absolute atomic E-state index is 12.3. The van der Waals surface area contributed by atoms with Gasteiger partial charge in [0.2, 0.25) is 0 Å². The average Bonchev–Trinajstić information content (AvgIpc) is 2.69. The largest absolute Gasteiger partial charge is 0.352 e. The summed E-state index contributed by atoms with van der Waals surface area (Å²) in [6, 6.07) is 18.7. The zero-order chi connectivity index (χ0) is 18.2. The first kappa shape index (κ1) is 18.7. The Kier molecular flexibility index (Phi) is 6.84. The summed E-state index contributed by atoms with van der Waals surface area (Å²) in [4.78, 5) is 14.9. The fraction of sp³-hybridized carbons (Fsp3) is 0.435. The molecule has 2 aromatic rings. The molecule has 0 aromatic heterocycles. The van der Waals surface area contributed by atoms with E-state index in [0.717, 1.165) is 57.4 Å². The van der Waals surface area contributed by atoms with Crippen LogP contribution in [-0.4, -0.2) is 30.4 Å². The van der Waals surface area contributed by atoms with E-state index in [1.165, 1.54) is 11.1 Å². The first-order chi connectivity index (χ1) is 12.7. The third-order valence-electron chi connectivity index (χ3n) is 5.26. The normalized spacial score (nSPS) is 15.7. The monoisotopic (exact) mass is 350 g/mol. The maximum atomic E-state index is 12.3. The summed E-state index contributed by atoms with van der Waals surface area (Å²) in [5, 5.41) is 3.13. The number of rotatable bonds is 7. The highest BCUT2D eigenvalue weighted by atomic mass is 16.1. The van der Waals surface area contributed by atoms with Crippen molar-refractivity contribution in [3.05, 3.63) is 71.3 Å². The van der Waals surface area contributed by atoms with Gasteiger partial charge in [-0.3, -0.25) is 9.69 Å². The van der Waals surface area contributed by atoms with E-state index in [4.69, 9.17) is 0 Å². The predicted molar refractivity (Wildman–Crippen MR) is 107 cm³/mol. The molecule has 138 valence electrons. The summed E-state index contributed by atoms with van der Waals surface area (Å²) in [6.07, 6.45) is 4.52. The molecule has 0 unspecified atom stereocenters. The Hall–Kier alpha value is -2.13. The van der Waals surface area contributed by atoms with Crippen LogP contribution >= 0.6 is 0 Å². The van der Waals surface area contributed by atoms with Crippen LogP contribution in [0.2, 0.25) is 0 Å². The van der Waals surface area contributed by atoms with Crippen LogP contribution in [0.3, 0.4) is 0 Å². The Labute approximate surface area is 157 Å². The van der Waals surface area contributed by atoms with Crippen molar-refractivity contribution in [1.82, 2.24) is 10.2 Å². The fourth-order valence-electron chi connectivity index (χ4n) is 3.64. The molecule has 0 bridgehead atoms. The molecular formula is C23H30N2O. The van der Waals surface area contributed by atoms with Gasteiger partial charge in [-0.25, -0.2) is 0 Å². The summed E-state index contributed by atoms with van der Waals surface area (Å²) < 4.78 is 0. The van der Waals surface area contributed by atoms with Gasteiger partial charge < -0.3 is 5.32 Å². The van der Waals surface area contributed by atoms with Gasteiger partial charge in [0.05, 0.1) is 0 Å². The number of nitrogens with zero attached hydrogens (tertiary/aromatic N) is 1. The predicted octanol–water partition coefficient (Wildman–Crippen LogP) is 4.28. The van der Waals surface area contributed by atoms with Crippen LogP contribution in [0.4, 0.5) is 0 Å². The molecule has 26 heavy (non-hydrogen) atoms. The highest BCUT2D eigenvalue weighted by molar-refractivity contribution is 5.94. The molecule has 1 N–H and O–H groups in total. The number of aryl methyl sites for hydroxylation is 1. The van der Waals surface area contributed by atoms with E-state index < -0.39 is 0 Å². The van der Waals surface area contributed by atoms with Crippen LogP contribution < -0.4 is 5.32 Å². The van der Waals surface area contributed by atoms with Crippen molar-refractivity contribution in [2.24, 2.45) is 5.92 Å². The molecule has 2 aromatic carbocycles.